The molecule has 2 aliphatic rings. The van der Waals surface area contributed by atoms with Crippen molar-refractivity contribution in [3.05, 3.63) is 70.9 Å². The molecule has 8 heteroatoms. The quantitative estimate of drug-likeness (QED) is 0.313. The number of hydrogen-bond donors (Lipinski definition) is 2. The predicted molar refractivity (Wildman–Crippen MR) is 175 cm³/mol. The normalized spacial score (nSPS) is 19.0. The zero-order chi connectivity index (χ0) is 31.4. The monoisotopic (exact) mass is 599 g/mol. The number of amides is 2. The highest BCUT2D eigenvalue weighted by Gasteiger charge is 2.57. The molecule has 0 spiro atoms. The molecule has 2 aromatic carbocycles. The van der Waals surface area contributed by atoms with E-state index in [9.17, 15) is 9.59 Å². The topological polar surface area (TPSA) is 103 Å². The molecule has 2 saturated heterocycles. The van der Waals surface area contributed by atoms with Gasteiger partial charge in [0, 0.05) is 43.2 Å². The molecule has 0 saturated carbocycles. The number of benzene rings is 2. The zero-order valence-corrected chi connectivity index (χ0v) is 26.9. The number of rotatable bonds is 10. The lowest BCUT2D eigenvalue weighted by molar-refractivity contribution is -0.160. The van der Waals surface area contributed by atoms with Crippen LogP contribution in [0.25, 0.3) is 10.9 Å². The fourth-order valence-corrected chi connectivity index (χ4v) is 7.67. The third-order valence-electron chi connectivity index (χ3n) is 10.1. The van der Waals surface area contributed by atoms with Crippen LogP contribution in [-0.2, 0) is 33.8 Å². The summed E-state index contributed by atoms with van der Waals surface area (Å²) in [6.45, 7) is 10.5. The van der Waals surface area contributed by atoms with E-state index in [0.717, 1.165) is 55.2 Å². The van der Waals surface area contributed by atoms with Crippen molar-refractivity contribution in [1.82, 2.24) is 19.7 Å². The van der Waals surface area contributed by atoms with E-state index in [0.29, 0.717) is 24.7 Å². The summed E-state index contributed by atoms with van der Waals surface area (Å²) in [5.74, 6) is -1.27. The predicted octanol–water partition coefficient (Wildman–Crippen LogP) is 5.15. The Hall–Kier alpha value is -3.33. The Labute approximate surface area is 262 Å². The Morgan fingerprint density at radius 3 is 2.27 bits per heavy atom. The summed E-state index contributed by atoms with van der Waals surface area (Å²) in [7, 11) is 0. The molecule has 0 aliphatic carbocycles. The minimum absolute atomic E-state index is 0.0883. The summed E-state index contributed by atoms with van der Waals surface area (Å²) in [5, 5.41) is 0.874. The Morgan fingerprint density at radius 1 is 0.955 bits per heavy atom. The molecule has 2 amide bonds. The second kappa shape index (κ2) is 13.8. The second-order valence-electron chi connectivity index (χ2n) is 12.6. The Balaban J connectivity index is 1.56. The number of imide groups is 1. The second-order valence-corrected chi connectivity index (χ2v) is 12.6. The van der Waals surface area contributed by atoms with E-state index in [1.54, 1.807) is 0 Å². The summed E-state index contributed by atoms with van der Waals surface area (Å²) in [6, 6.07) is 13.4. The van der Waals surface area contributed by atoms with Gasteiger partial charge in [-0.1, -0.05) is 56.7 Å². The van der Waals surface area contributed by atoms with Crippen molar-refractivity contribution in [2.45, 2.75) is 96.8 Å². The smallest absolute Gasteiger partial charge is 0.259 e. The largest absolute Gasteiger partial charge is 0.361 e. The van der Waals surface area contributed by atoms with Gasteiger partial charge in [-0.3, -0.25) is 24.2 Å². The van der Waals surface area contributed by atoms with Crippen molar-refractivity contribution < 1.29 is 14.4 Å². The summed E-state index contributed by atoms with van der Waals surface area (Å²) < 4.78 is 0. The number of H-pyrrole nitrogens is 1. The lowest BCUT2D eigenvalue weighted by Crippen LogP contribution is -2.70. The fraction of sp³-hybridized carbons (Fsp3) is 0.528. The van der Waals surface area contributed by atoms with Gasteiger partial charge in [0.15, 0.2) is 11.3 Å². The third kappa shape index (κ3) is 6.00. The van der Waals surface area contributed by atoms with Crippen molar-refractivity contribution in [2.75, 3.05) is 26.2 Å². The van der Waals surface area contributed by atoms with E-state index >= 15 is 4.79 Å². The molecular weight excluding hydrogens is 550 g/mol. The van der Waals surface area contributed by atoms with Gasteiger partial charge in [-0.15, -0.1) is 0 Å². The van der Waals surface area contributed by atoms with Gasteiger partial charge in [0.05, 0.1) is 12.6 Å². The molecule has 3 heterocycles. The number of ketones is 1. The molecule has 5 rings (SSSR count). The molecule has 3 aromatic rings. The number of hydrogen-bond acceptors (Lipinski definition) is 6. The molecule has 2 aliphatic heterocycles. The highest BCUT2D eigenvalue weighted by Crippen LogP contribution is 2.39. The molecule has 3 N–H and O–H groups in total. The number of aromatic amines is 1. The molecular formula is C36H49N5O3. The average Bonchev–Trinajstić information content (AvgIpc) is 3.48. The number of likely N-dealkylation sites (tertiary alicyclic amines) is 2. The van der Waals surface area contributed by atoms with Gasteiger partial charge in [0.2, 0.25) is 5.91 Å². The summed E-state index contributed by atoms with van der Waals surface area (Å²) in [6.07, 6.45) is 9.00. The van der Waals surface area contributed by atoms with Crippen LogP contribution in [-0.4, -0.2) is 75.0 Å². The van der Waals surface area contributed by atoms with Gasteiger partial charge in [-0.2, -0.15) is 0 Å². The van der Waals surface area contributed by atoms with Gasteiger partial charge in [0.1, 0.15) is 0 Å². The van der Waals surface area contributed by atoms with Crippen molar-refractivity contribution >= 4 is 28.5 Å². The molecule has 44 heavy (non-hydrogen) atoms. The van der Waals surface area contributed by atoms with Crippen LogP contribution in [0.5, 0.6) is 0 Å². The van der Waals surface area contributed by atoms with Crippen LogP contribution in [0.4, 0.5) is 0 Å². The van der Waals surface area contributed by atoms with Gasteiger partial charge in [-0.25, -0.2) is 0 Å². The number of nitrogens with one attached hydrogen (secondary N) is 1. The van der Waals surface area contributed by atoms with E-state index in [-0.39, 0.29) is 12.3 Å². The molecule has 8 nitrogen and oxygen atoms in total. The number of aromatic nitrogens is 1. The lowest BCUT2D eigenvalue weighted by Gasteiger charge is -2.50. The van der Waals surface area contributed by atoms with Crippen LogP contribution < -0.4 is 5.73 Å². The van der Waals surface area contributed by atoms with E-state index in [1.807, 2.05) is 41.4 Å². The number of para-hydroxylation sites is 1. The maximum absolute atomic E-state index is 15.0. The third-order valence-corrected chi connectivity index (χ3v) is 10.1. The zero-order valence-electron chi connectivity index (χ0n) is 26.9. The molecule has 0 radical (unpaired) electrons. The first-order chi connectivity index (χ1) is 21.2. The number of nitrogens with zero attached hydrogens (tertiary/aromatic N) is 3. The van der Waals surface area contributed by atoms with E-state index in [2.05, 4.69) is 35.9 Å². The van der Waals surface area contributed by atoms with E-state index in [4.69, 9.17) is 5.73 Å². The first-order valence-corrected chi connectivity index (χ1v) is 16.5. The Morgan fingerprint density at radius 2 is 1.64 bits per heavy atom. The highest BCUT2D eigenvalue weighted by molar-refractivity contribution is 6.15. The lowest BCUT2D eigenvalue weighted by atomic mass is 9.77. The number of carbonyl (C=O) groups excluding carboxylic acids is 3. The number of aryl methyl sites for hydroxylation is 2. The minimum Gasteiger partial charge on any atom is -0.361 e. The Bertz CT molecular complexity index is 1480. The van der Waals surface area contributed by atoms with Crippen molar-refractivity contribution in [3.8, 4) is 0 Å². The van der Waals surface area contributed by atoms with Crippen LogP contribution in [0.3, 0.4) is 0 Å². The Kier molecular flexibility index (Phi) is 10.0. The van der Waals surface area contributed by atoms with Crippen LogP contribution >= 0.6 is 0 Å². The van der Waals surface area contributed by atoms with Gasteiger partial charge >= 0.3 is 0 Å². The number of carbonyl (C=O) groups is 3. The van der Waals surface area contributed by atoms with Gasteiger partial charge in [-0.05, 0) is 86.9 Å². The van der Waals surface area contributed by atoms with Crippen LogP contribution in [0.2, 0.25) is 0 Å². The van der Waals surface area contributed by atoms with Crippen molar-refractivity contribution in [1.29, 1.82) is 0 Å². The summed E-state index contributed by atoms with van der Waals surface area (Å²) in [5.41, 5.74) is 10.3. The first-order valence-electron chi connectivity index (χ1n) is 16.5. The van der Waals surface area contributed by atoms with Gasteiger partial charge < -0.3 is 15.6 Å². The van der Waals surface area contributed by atoms with Crippen LogP contribution in [0.1, 0.15) is 88.1 Å². The van der Waals surface area contributed by atoms with Crippen molar-refractivity contribution in [2.24, 2.45) is 5.73 Å². The summed E-state index contributed by atoms with van der Waals surface area (Å²) >= 11 is 0. The minimum atomic E-state index is -1.74. The van der Waals surface area contributed by atoms with Crippen molar-refractivity contribution in [3.63, 3.8) is 0 Å². The maximum atomic E-state index is 15.0. The maximum Gasteiger partial charge on any atom is 0.259 e. The average molecular weight is 600 g/mol. The fourth-order valence-electron chi connectivity index (χ4n) is 7.67. The first kappa shape index (κ1) is 32.1. The highest BCUT2D eigenvalue weighted by atomic mass is 16.2. The van der Waals surface area contributed by atoms with Crippen LogP contribution in [0, 0.1) is 0 Å². The molecule has 2 fully saturated rings. The van der Waals surface area contributed by atoms with E-state index < -0.39 is 23.4 Å². The molecule has 0 bridgehead atoms. The van der Waals surface area contributed by atoms with Gasteiger partial charge in [0.25, 0.3) is 5.91 Å². The molecule has 236 valence electrons. The van der Waals surface area contributed by atoms with Crippen LogP contribution in [0.15, 0.2) is 48.7 Å². The standard InChI is InChI=1S/C36H49N5O3/c1-5-28-15-14-27(22-29(28)6-2)24-41(26(4)43)35(44)36(25(3)42,34(37)32-23-38-33-13-9-8-12-31(32)33)40-20-16-30(17-21-40)39-18-10-7-11-19-39/h8-9,12-15,22-23,30,34,38H,5-7,10-11,16-21,24,37H2,1-4H3. The number of fused-ring (bicyclic) bond motifs is 1. The molecule has 2 atom stereocenters. The number of piperidine rings is 2. The molecule has 1 aromatic heterocycles. The molecule has 2 unspecified atom stereocenters. The van der Waals surface area contributed by atoms with E-state index in [1.165, 1.54) is 49.1 Å². The number of Topliss-reactive ketones (excluding diaryl/α,β-unsaturated/α-hetero) is 1. The summed E-state index contributed by atoms with van der Waals surface area (Å²) in [4.78, 5) is 51.6. The SMILES string of the molecule is CCc1ccc(CN(C(C)=O)C(=O)C(C(C)=O)(C(N)c2c[nH]c3ccccc23)N2CCC(N3CCCCC3)CC2)cc1CC. The number of nitrogens with two attached hydrogens (primary N) is 1.